The Bertz CT molecular complexity index is 940. The van der Waals surface area contributed by atoms with Crippen molar-refractivity contribution < 1.29 is 0 Å². The van der Waals surface area contributed by atoms with Gasteiger partial charge in [0.1, 0.15) is 0 Å². The summed E-state index contributed by atoms with van der Waals surface area (Å²) in [7, 11) is 0. The van der Waals surface area contributed by atoms with Gasteiger partial charge in [-0.15, -0.1) is 0 Å². The summed E-state index contributed by atoms with van der Waals surface area (Å²) in [6.45, 7) is 1.80. The number of fused-ring (bicyclic) bond motifs is 1. The first kappa shape index (κ1) is 16.7. The molecular formula is C20H15Cl3N2. The molecule has 0 fully saturated rings. The lowest BCUT2D eigenvalue weighted by Gasteiger charge is -2.30. The molecule has 2 aromatic carbocycles. The minimum Gasteiger partial charge on any atom is -0.366 e. The molecule has 0 saturated carbocycles. The Balaban J connectivity index is 1.63. The fourth-order valence-corrected chi connectivity index (χ4v) is 3.67. The van der Waals surface area contributed by atoms with Gasteiger partial charge in [0.2, 0.25) is 0 Å². The van der Waals surface area contributed by atoms with Gasteiger partial charge in [-0.05, 0) is 53.4 Å². The van der Waals surface area contributed by atoms with Crippen LogP contribution in [0.2, 0.25) is 15.1 Å². The van der Waals surface area contributed by atoms with Crippen LogP contribution >= 0.6 is 34.8 Å². The minimum absolute atomic E-state index is 0.549. The Morgan fingerprint density at radius 1 is 0.800 bits per heavy atom. The molecule has 25 heavy (non-hydrogen) atoms. The van der Waals surface area contributed by atoms with E-state index in [0.717, 1.165) is 41.3 Å². The van der Waals surface area contributed by atoms with Gasteiger partial charge in [-0.2, -0.15) is 0 Å². The summed E-state index contributed by atoms with van der Waals surface area (Å²) in [6, 6.07) is 13.9. The van der Waals surface area contributed by atoms with E-state index in [1.807, 2.05) is 36.7 Å². The summed E-state index contributed by atoms with van der Waals surface area (Å²) in [6.07, 6.45) is 4.73. The molecule has 0 spiro atoms. The summed E-state index contributed by atoms with van der Waals surface area (Å²) >= 11 is 18.3. The van der Waals surface area contributed by atoms with Crippen molar-refractivity contribution in [2.75, 3.05) is 11.4 Å². The predicted octanol–water partition coefficient (Wildman–Crippen LogP) is 6.27. The van der Waals surface area contributed by atoms with Gasteiger partial charge in [0.05, 0.1) is 21.9 Å². The average Bonchev–Trinajstić information content (AvgIpc) is 2.63. The van der Waals surface area contributed by atoms with Crippen molar-refractivity contribution in [1.82, 2.24) is 4.98 Å². The van der Waals surface area contributed by atoms with Crippen molar-refractivity contribution in [3.63, 3.8) is 0 Å². The van der Waals surface area contributed by atoms with Crippen LogP contribution in [0.1, 0.15) is 11.1 Å². The molecule has 0 atom stereocenters. The number of rotatable bonds is 2. The van der Waals surface area contributed by atoms with Crippen LogP contribution in [-0.2, 0) is 13.0 Å². The Hall–Kier alpha value is -1.74. The third-order valence-corrected chi connectivity index (χ3v) is 5.50. The van der Waals surface area contributed by atoms with Gasteiger partial charge in [0, 0.05) is 29.9 Å². The van der Waals surface area contributed by atoms with Crippen LogP contribution < -0.4 is 4.90 Å². The largest absolute Gasteiger partial charge is 0.366 e. The van der Waals surface area contributed by atoms with Gasteiger partial charge in [0.25, 0.3) is 0 Å². The molecule has 0 N–H and O–H groups in total. The Morgan fingerprint density at radius 3 is 2.52 bits per heavy atom. The van der Waals surface area contributed by atoms with Crippen molar-refractivity contribution in [2.45, 2.75) is 13.0 Å². The van der Waals surface area contributed by atoms with Crippen LogP contribution in [0.25, 0.3) is 11.1 Å². The number of anilines is 1. The maximum Gasteiger partial charge on any atom is 0.0598 e. The SMILES string of the molecule is Clc1ccc2c(c1)CCN(c1cncc(-c3ccc(Cl)c(Cl)c3)c1)C2. The van der Waals surface area contributed by atoms with Crippen molar-refractivity contribution in [1.29, 1.82) is 0 Å². The number of aromatic nitrogens is 1. The Morgan fingerprint density at radius 2 is 1.68 bits per heavy atom. The molecule has 0 saturated heterocycles. The van der Waals surface area contributed by atoms with E-state index < -0.39 is 0 Å². The standard InChI is InChI=1S/C20H15Cl3N2/c21-17-3-1-15-12-25(6-5-14(15)7-17)18-8-16(10-24-11-18)13-2-4-19(22)20(23)9-13/h1-4,7-11H,5-6,12H2. The van der Waals surface area contributed by atoms with E-state index in [1.165, 1.54) is 11.1 Å². The first-order chi connectivity index (χ1) is 12.1. The zero-order chi connectivity index (χ0) is 17.4. The van der Waals surface area contributed by atoms with Crippen molar-refractivity contribution in [3.05, 3.63) is 81.1 Å². The zero-order valence-electron chi connectivity index (χ0n) is 13.3. The second kappa shape index (κ2) is 6.87. The van der Waals surface area contributed by atoms with Crippen molar-refractivity contribution in [2.24, 2.45) is 0 Å². The number of nitrogens with zero attached hydrogens (tertiary/aromatic N) is 2. The molecule has 1 aliphatic heterocycles. The molecule has 1 aliphatic rings. The van der Waals surface area contributed by atoms with Crippen LogP contribution in [0.3, 0.4) is 0 Å². The van der Waals surface area contributed by atoms with Gasteiger partial charge in [0.15, 0.2) is 0 Å². The van der Waals surface area contributed by atoms with Gasteiger partial charge in [-0.25, -0.2) is 0 Å². The summed E-state index contributed by atoms with van der Waals surface area (Å²) < 4.78 is 0. The quantitative estimate of drug-likeness (QED) is 0.513. The summed E-state index contributed by atoms with van der Waals surface area (Å²) in [5, 5.41) is 1.91. The normalized spacial score (nSPS) is 13.6. The Labute approximate surface area is 162 Å². The van der Waals surface area contributed by atoms with E-state index in [2.05, 4.69) is 28.1 Å². The Kier molecular flexibility index (Phi) is 4.60. The number of hydrogen-bond acceptors (Lipinski definition) is 2. The second-order valence-electron chi connectivity index (χ2n) is 6.15. The highest BCUT2D eigenvalue weighted by molar-refractivity contribution is 6.42. The molecule has 0 radical (unpaired) electrons. The third kappa shape index (κ3) is 3.48. The lowest BCUT2D eigenvalue weighted by Crippen LogP contribution is -2.30. The van der Waals surface area contributed by atoms with Gasteiger partial charge in [-0.1, -0.05) is 46.9 Å². The topological polar surface area (TPSA) is 16.1 Å². The number of halogens is 3. The molecule has 0 bridgehead atoms. The minimum atomic E-state index is 0.549. The number of pyridine rings is 1. The molecule has 0 amide bonds. The monoisotopic (exact) mass is 388 g/mol. The van der Waals surface area contributed by atoms with Crippen LogP contribution in [0.15, 0.2) is 54.9 Å². The molecule has 1 aromatic heterocycles. The number of hydrogen-bond donors (Lipinski definition) is 0. The fourth-order valence-electron chi connectivity index (χ4n) is 3.18. The molecule has 2 heterocycles. The molecule has 4 rings (SSSR count). The van der Waals surface area contributed by atoms with E-state index in [0.29, 0.717) is 10.0 Å². The van der Waals surface area contributed by atoms with Crippen molar-refractivity contribution >= 4 is 40.5 Å². The molecule has 3 aromatic rings. The van der Waals surface area contributed by atoms with E-state index in [9.17, 15) is 0 Å². The fraction of sp³-hybridized carbons (Fsp3) is 0.150. The van der Waals surface area contributed by atoms with E-state index in [4.69, 9.17) is 34.8 Å². The lowest BCUT2D eigenvalue weighted by atomic mass is 9.99. The summed E-state index contributed by atoms with van der Waals surface area (Å²) in [5.74, 6) is 0. The first-order valence-corrected chi connectivity index (χ1v) is 9.16. The maximum absolute atomic E-state index is 6.15. The van der Waals surface area contributed by atoms with Gasteiger partial charge < -0.3 is 4.90 Å². The number of benzene rings is 2. The lowest BCUT2D eigenvalue weighted by molar-refractivity contribution is 0.730. The van der Waals surface area contributed by atoms with E-state index in [-0.39, 0.29) is 0 Å². The molecular weight excluding hydrogens is 375 g/mol. The molecule has 0 aliphatic carbocycles. The zero-order valence-corrected chi connectivity index (χ0v) is 15.6. The van der Waals surface area contributed by atoms with Crippen molar-refractivity contribution in [3.8, 4) is 11.1 Å². The molecule has 5 heteroatoms. The van der Waals surface area contributed by atoms with Gasteiger partial charge >= 0.3 is 0 Å². The first-order valence-electron chi connectivity index (χ1n) is 8.03. The summed E-state index contributed by atoms with van der Waals surface area (Å²) in [5.41, 5.74) is 5.78. The summed E-state index contributed by atoms with van der Waals surface area (Å²) in [4.78, 5) is 6.76. The second-order valence-corrected chi connectivity index (χ2v) is 7.40. The van der Waals surface area contributed by atoms with E-state index in [1.54, 1.807) is 0 Å². The van der Waals surface area contributed by atoms with Crippen LogP contribution in [-0.4, -0.2) is 11.5 Å². The smallest absolute Gasteiger partial charge is 0.0598 e. The van der Waals surface area contributed by atoms with Crippen LogP contribution in [0.5, 0.6) is 0 Å². The highest BCUT2D eigenvalue weighted by Crippen LogP contribution is 2.31. The highest BCUT2D eigenvalue weighted by atomic mass is 35.5. The van der Waals surface area contributed by atoms with Crippen LogP contribution in [0, 0.1) is 0 Å². The molecule has 2 nitrogen and oxygen atoms in total. The maximum atomic E-state index is 6.15. The molecule has 0 unspecified atom stereocenters. The average molecular weight is 390 g/mol. The predicted molar refractivity (Wildman–Crippen MR) is 106 cm³/mol. The highest BCUT2D eigenvalue weighted by Gasteiger charge is 2.17. The van der Waals surface area contributed by atoms with E-state index >= 15 is 0 Å². The third-order valence-electron chi connectivity index (χ3n) is 4.52. The van der Waals surface area contributed by atoms with Crippen LogP contribution in [0.4, 0.5) is 5.69 Å². The molecule has 126 valence electrons. The van der Waals surface area contributed by atoms with Gasteiger partial charge in [-0.3, -0.25) is 4.98 Å².